The Bertz CT molecular complexity index is 544. The summed E-state index contributed by atoms with van der Waals surface area (Å²) in [5.74, 6) is -0.0966. The number of β-amino-alcohol motifs (C(OH)–C–C–N with tert-alkyl or cyclic N) is 1. The zero-order valence-electron chi connectivity index (χ0n) is 13.0. The molecule has 0 aromatic heterocycles. The number of urea groups is 1. The van der Waals surface area contributed by atoms with Gasteiger partial charge < -0.3 is 26.4 Å². The van der Waals surface area contributed by atoms with E-state index >= 15 is 0 Å². The van der Waals surface area contributed by atoms with Crippen LogP contribution in [0.15, 0.2) is 28.7 Å². The molecule has 1 fully saturated rings. The van der Waals surface area contributed by atoms with Gasteiger partial charge >= 0.3 is 6.03 Å². The molecule has 2 unspecified atom stereocenters. The average Bonchev–Trinajstić information content (AvgIpc) is 2.93. The van der Waals surface area contributed by atoms with E-state index in [-0.39, 0.29) is 43.2 Å². The van der Waals surface area contributed by atoms with Crippen LogP contribution in [0.2, 0.25) is 0 Å². The van der Waals surface area contributed by atoms with Gasteiger partial charge in [-0.15, -0.1) is 12.4 Å². The number of anilines is 1. The van der Waals surface area contributed by atoms with Crippen molar-refractivity contribution in [2.75, 3.05) is 31.5 Å². The summed E-state index contributed by atoms with van der Waals surface area (Å²) in [4.78, 5) is 23.4. The van der Waals surface area contributed by atoms with Crippen molar-refractivity contribution in [2.24, 2.45) is 5.92 Å². The largest absolute Gasteiger partial charge is 0.391 e. The minimum absolute atomic E-state index is 0. The van der Waals surface area contributed by atoms with Crippen LogP contribution in [0.25, 0.3) is 0 Å². The lowest BCUT2D eigenvalue weighted by molar-refractivity contribution is -0.121. The molecule has 5 N–H and O–H groups in total. The van der Waals surface area contributed by atoms with E-state index in [4.69, 9.17) is 0 Å². The van der Waals surface area contributed by atoms with E-state index in [1.54, 1.807) is 12.1 Å². The number of halogens is 2. The smallest absolute Gasteiger partial charge is 0.319 e. The monoisotopic (exact) mass is 420 g/mol. The minimum Gasteiger partial charge on any atom is -0.391 e. The van der Waals surface area contributed by atoms with Gasteiger partial charge in [-0.2, -0.15) is 0 Å². The number of benzene rings is 1. The molecule has 9 heteroatoms. The average molecular weight is 422 g/mol. The molecule has 1 heterocycles. The van der Waals surface area contributed by atoms with E-state index in [1.807, 2.05) is 12.1 Å². The summed E-state index contributed by atoms with van der Waals surface area (Å²) in [6.45, 7) is 1.96. The number of carbonyl (C=O) groups excluding carboxylic acids is 2. The molecule has 24 heavy (non-hydrogen) atoms. The normalized spacial score (nSPS) is 19.2. The molecule has 134 valence electrons. The Hall–Kier alpha value is -1.35. The second-order valence-corrected chi connectivity index (χ2v) is 6.34. The summed E-state index contributed by atoms with van der Waals surface area (Å²) < 4.78 is 0.933. The van der Waals surface area contributed by atoms with Crippen LogP contribution in [-0.2, 0) is 4.79 Å². The zero-order chi connectivity index (χ0) is 16.7. The quantitative estimate of drug-likeness (QED) is 0.474. The molecular weight excluding hydrogens is 400 g/mol. The van der Waals surface area contributed by atoms with Gasteiger partial charge in [-0.1, -0.05) is 15.9 Å². The lowest BCUT2D eigenvalue weighted by Gasteiger charge is -2.14. The van der Waals surface area contributed by atoms with E-state index in [0.717, 1.165) is 4.47 Å². The van der Waals surface area contributed by atoms with Crippen molar-refractivity contribution in [1.29, 1.82) is 0 Å². The standard InChI is InChI=1S/C15H21BrN4O3.ClH/c16-11-1-3-12(4-2-11)20-15(23)18-6-5-14(22)19-8-10-7-17-9-13(10)21;/h1-4,10,13,17,21H,5-9H2,(H,19,22)(H2,18,20,23);1H. The van der Waals surface area contributed by atoms with Gasteiger partial charge in [0.05, 0.1) is 6.10 Å². The molecular formula is C15H22BrClN4O3. The lowest BCUT2D eigenvalue weighted by Crippen LogP contribution is -2.37. The van der Waals surface area contributed by atoms with Crippen LogP contribution in [0.3, 0.4) is 0 Å². The van der Waals surface area contributed by atoms with Gasteiger partial charge in [-0.25, -0.2) is 4.79 Å². The van der Waals surface area contributed by atoms with Crippen LogP contribution in [0.1, 0.15) is 6.42 Å². The van der Waals surface area contributed by atoms with Crippen molar-refractivity contribution in [3.05, 3.63) is 28.7 Å². The van der Waals surface area contributed by atoms with Crippen LogP contribution >= 0.6 is 28.3 Å². The highest BCUT2D eigenvalue weighted by Crippen LogP contribution is 2.13. The van der Waals surface area contributed by atoms with Crippen LogP contribution in [-0.4, -0.2) is 49.3 Å². The van der Waals surface area contributed by atoms with Gasteiger partial charge in [0.15, 0.2) is 0 Å². The Morgan fingerprint density at radius 1 is 1.21 bits per heavy atom. The van der Waals surface area contributed by atoms with Gasteiger partial charge in [0.2, 0.25) is 5.91 Å². The zero-order valence-corrected chi connectivity index (χ0v) is 15.5. The third kappa shape index (κ3) is 7.04. The van der Waals surface area contributed by atoms with Gasteiger partial charge in [-0.3, -0.25) is 4.79 Å². The number of nitrogens with one attached hydrogen (secondary N) is 4. The molecule has 0 aliphatic carbocycles. The Balaban J connectivity index is 0.00000288. The van der Waals surface area contributed by atoms with E-state index < -0.39 is 6.10 Å². The summed E-state index contributed by atoms with van der Waals surface area (Å²) in [5, 5.41) is 20.8. The molecule has 1 aromatic carbocycles. The van der Waals surface area contributed by atoms with Crippen molar-refractivity contribution in [2.45, 2.75) is 12.5 Å². The molecule has 0 bridgehead atoms. The summed E-state index contributed by atoms with van der Waals surface area (Å²) in [6.07, 6.45) is -0.214. The van der Waals surface area contributed by atoms with Crippen LogP contribution in [0.5, 0.6) is 0 Å². The Morgan fingerprint density at radius 2 is 1.92 bits per heavy atom. The molecule has 1 aliphatic rings. The predicted octanol–water partition coefficient (Wildman–Crippen LogP) is 1.08. The maximum absolute atomic E-state index is 11.7. The van der Waals surface area contributed by atoms with Crippen molar-refractivity contribution in [3.63, 3.8) is 0 Å². The van der Waals surface area contributed by atoms with E-state index in [2.05, 4.69) is 37.2 Å². The van der Waals surface area contributed by atoms with Crippen LogP contribution < -0.4 is 21.3 Å². The van der Waals surface area contributed by atoms with Crippen LogP contribution in [0.4, 0.5) is 10.5 Å². The highest BCUT2D eigenvalue weighted by Gasteiger charge is 2.24. The minimum atomic E-state index is -0.412. The molecule has 0 spiro atoms. The Labute approximate surface area is 155 Å². The Kier molecular flexibility index (Phi) is 9.05. The molecule has 7 nitrogen and oxygen atoms in total. The third-order valence-corrected chi connectivity index (χ3v) is 4.13. The maximum Gasteiger partial charge on any atom is 0.319 e. The summed E-state index contributed by atoms with van der Waals surface area (Å²) in [5.41, 5.74) is 0.679. The molecule has 2 atom stereocenters. The first kappa shape index (κ1) is 20.7. The second kappa shape index (κ2) is 10.5. The SMILES string of the molecule is Cl.O=C(CCNC(=O)Nc1ccc(Br)cc1)NCC1CNCC1O. The molecule has 3 amide bonds. The number of aliphatic hydroxyl groups excluding tert-OH is 1. The summed E-state index contributed by atoms with van der Waals surface area (Å²) >= 11 is 3.32. The first-order valence-electron chi connectivity index (χ1n) is 7.50. The molecule has 1 aliphatic heterocycles. The lowest BCUT2D eigenvalue weighted by atomic mass is 10.1. The summed E-state index contributed by atoms with van der Waals surface area (Å²) in [7, 11) is 0. The van der Waals surface area contributed by atoms with E-state index in [9.17, 15) is 14.7 Å². The van der Waals surface area contributed by atoms with Crippen molar-refractivity contribution >= 4 is 46.0 Å². The topological polar surface area (TPSA) is 102 Å². The maximum atomic E-state index is 11.7. The molecule has 0 radical (unpaired) electrons. The van der Waals surface area contributed by atoms with Crippen molar-refractivity contribution in [3.8, 4) is 0 Å². The highest BCUT2D eigenvalue weighted by molar-refractivity contribution is 9.10. The van der Waals surface area contributed by atoms with Gasteiger partial charge in [0.25, 0.3) is 0 Å². The van der Waals surface area contributed by atoms with Crippen molar-refractivity contribution in [1.82, 2.24) is 16.0 Å². The molecule has 1 aromatic rings. The van der Waals surface area contributed by atoms with Crippen molar-refractivity contribution < 1.29 is 14.7 Å². The predicted molar refractivity (Wildman–Crippen MR) is 98.4 cm³/mol. The number of carbonyl (C=O) groups is 2. The molecule has 2 rings (SSSR count). The molecule has 0 saturated carbocycles. The fourth-order valence-electron chi connectivity index (χ4n) is 2.26. The number of hydrogen-bond acceptors (Lipinski definition) is 4. The number of rotatable bonds is 6. The fraction of sp³-hybridized carbons (Fsp3) is 0.467. The van der Waals surface area contributed by atoms with Gasteiger partial charge in [-0.05, 0) is 24.3 Å². The number of hydrogen-bond donors (Lipinski definition) is 5. The van der Waals surface area contributed by atoms with E-state index in [1.165, 1.54) is 0 Å². The van der Waals surface area contributed by atoms with Gasteiger partial charge in [0, 0.05) is 48.7 Å². The highest BCUT2D eigenvalue weighted by atomic mass is 79.9. The Morgan fingerprint density at radius 3 is 2.54 bits per heavy atom. The molecule has 1 saturated heterocycles. The van der Waals surface area contributed by atoms with Gasteiger partial charge in [0.1, 0.15) is 0 Å². The number of amides is 3. The first-order valence-corrected chi connectivity index (χ1v) is 8.30. The number of aliphatic hydroxyl groups is 1. The van der Waals surface area contributed by atoms with Crippen LogP contribution in [0, 0.1) is 5.92 Å². The summed E-state index contributed by atoms with van der Waals surface area (Å²) in [6, 6.07) is 6.86. The third-order valence-electron chi connectivity index (χ3n) is 3.61. The second-order valence-electron chi connectivity index (χ2n) is 5.43. The van der Waals surface area contributed by atoms with E-state index in [0.29, 0.717) is 25.3 Å². The first-order chi connectivity index (χ1) is 11.0. The fourth-order valence-corrected chi connectivity index (χ4v) is 2.52.